The smallest absolute Gasteiger partial charge is 0.325 e. The van der Waals surface area contributed by atoms with Gasteiger partial charge in [-0.05, 0) is 37.7 Å². The van der Waals surface area contributed by atoms with Crippen molar-refractivity contribution in [2.45, 2.75) is 32.7 Å². The van der Waals surface area contributed by atoms with Gasteiger partial charge in [0.05, 0.1) is 0 Å². The lowest BCUT2D eigenvalue weighted by Gasteiger charge is -2.23. The molecule has 1 aromatic carbocycles. The summed E-state index contributed by atoms with van der Waals surface area (Å²) >= 11 is 0. The molecule has 0 bridgehead atoms. The van der Waals surface area contributed by atoms with Crippen molar-refractivity contribution in [1.82, 2.24) is 15.1 Å². The van der Waals surface area contributed by atoms with Crippen LogP contribution in [0.15, 0.2) is 18.2 Å². The van der Waals surface area contributed by atoms with Gasteiger partial charge in [-0.15, -0.1) is 0 Å². The molecule has 0 saturated carbocycles. The van der Waals surface area contributed by atoms with Crippen LogP contribution in [0.2, 0.25) is 0 Å². The number of ether oxygens (including phenoxy) is 2. The Bertz CT molecular complexity index is 674. The van der Waals surface area contributed by atoms with Crippen molar-refractivity contribution in [3.63, 3.8) is 0 Å². The van der Waals surface area contributed by atoms with E-state index in [1.54, 1.807) is 6.92 Å². The molecule has 7 heteroatoms. The fraction of sp³-hybridized carbons (Fsp3) is 0.556. The number of benzene rings is 1. The van der Waals surface area contributed by atoms with Gasteiger partial charge in [0.15, 0.2) is 11.5 Å². The van der Waals surface area contributed by atoms with Crippen molar-refractivity contribution in [3.8, 4) is 11.5 Å². The van der Waals surface area contributed by atoms with Crippen molar-refractivity contribution < 1.29 is 19.1 Å². The summed E-state index contributed by atoms with van der Waals surface area (Å²) in [4.78, 5) is 28.6. The fourth-order valence-electron chi connectivity index (χ4n) is 3.31. The van der Waals surface area contributed by atoms with E-state index in [9.17, 15) is 9.59 Å². The number of rotatable bonds is 7. The molecule has 136 valence electrons. The SMILES string of the molecule is CCN(CC)CCN1C(=O)N[C@](C)(Cc2ccc3c(c2)OCO3)C1=O. The van der Waals surface area contributed by atoms with Crippen LogP contribution in [0.4, 0.5) is 4.79 Å². The van der Waals surface area contributed by atoms with Gasteiger partial charge in [-0.3, -0.25) is 9.69 Å². The third-order valence-electron chi connectivity index (χ3n) is 4.87. The Morgan fingerprint density at radius 2 is 1.92 bits per heavy atom. The number of imide groups is 1. The Labute approximate surface area is 147 Å². The van der Waals surface area contributed by atoms with Crippen molar-refractivity contribution in [3.05, 3.63) is 23.8 Å². The molecule has 1 fully saturated rings. The number of hydrogen-bond donors (Lipinski definition) is 1. The predicted octanol–water partition coefficient (Wildman–Crippen LogP) is 1.61. The number of likely N-dealkylation sites (N-methyl/N-ethyl adjacent to an activating group) is 1. The molecule has 25 heavy (non-hydrogen) atoms. The van der Waals surface area contributed by atoms with Gasteiger partial charge < -0.3 is 19.7 Å². The van der Waals surface area contributed by atoms with Gasteiger partial charge in [-0.2, -0.15) is 0 Å². The number of nitrogens with one attached hydrogen (secondary N) is 1. The maximum Gasteiger partial charge on any atom is 0.325 e. The Balaban J connectivity index is 1.69. The molecule has 0 aromatic heterocycles. The fourth-order valence-corrected chi connectivity index (χ4v) is 3.31. The molecule has 7 nitrogen and oxygen atoms in total. The topological polar surface area (TPSA) is 71.1 Å². The van der Waals surface area contributed by atoms with Crippen LogP contribution in [0.5, 0.6) is 11.5 Å². The molecule has 2 aliphatic heterocycles. The Hall–Kier alpha value is -2.28. The van der Waals surface area contributed by atoms with Crippen LogP contribution < -0.4 is 14.8 Å². The molecular formula is C18H25N3O4. The van der Waals surface area contributed by atoms with Crippen molar-refractivity contribution in [2.24, 2.45) is 0 Å². The first-order valence-electron chi connectivity index (χ1n) is 8.72. The molecule has 0 aliphatic carbocycles. The summed E-state index contributed by atoms with van der Waals surface area (Å²) in [5.41, 5.74) is -0.0143. The highest BCUT2D eigenvalue weighted by atomic mass is 16.7. The normalized spacial score (nSPS) is 22.0. The van der Waals surface area contributed by atoms with E-state index in [4.69, 9.17) is 9.47 Å². The highest BCUT2D eigenvalue weighted by Gasteiger charge is 2.47. The monoisotopic (exact) mass is 347 g/mol. The van der Waals surface area contributed by atoms with Crippen LogP contribution >= 0.6 is 0 Å². The van der Waals surface area contributed by atoms with Gasteiger partial charge in [0, 0.05) is 19.5 Å². The van der Waals surface area contributed by atoms with E-state index in [1.165, 1.54) is 4.90 Å². The summed E-state index contributed by atoms with van der Waals surface area (Å²) in [7, 11) is 0. The van der Waals surface area contributed by atoms with Gasteiger partial charge in [0.25, 0.3) is 5.91 Å². The van der Waals surface area contributed by atoms with E-state index in [-0.39, 0.29) is 18.7 Å². The lowest BCUT2D eigenvalue weighted by atomic mass is 9.92. The third kappa shape index (κ3) is 3.42. The van der Waals surface area contributed by atoms with Crippen LogP contribution in [-0.4, -0.2) is 60.2 Å². The van der Waals surface area contributed by atoms with Gasteiger partial charge in [0.2, 0.25) is 6.79 Å². The maximum atomic E-state index is 12.8. The third-order valence-corrected chi connectivity index (χ3v) is 4.87. The van der Waals surface area contributed by atoms with E-state index in [2.05, 4.69) is 24.1 Å². The lowest BCUT2D eigenvalue weighted by Crippen LogP contribution is -2.46. The summed E-state index contributed by atoms with van der Waals surface area (Å²) in [6, 6.07) is 5.28. The zero-order valence-corrected chi connectivity index (χ0v) is 15.0. The highest BCUT2D eigenvalue weighted by molar-refractivity contribution is 6.07. The largest absolute Gasteiger partial charge is 0.454 e. The standard InChI is InChI=1S/C18H25N3O4/c1-4-20(5-2)8-9-21-16(22)18(3,19-17(21)23)11-13-6-7-14-15(10-13)25-12-24-14/h6-7,10H,4-5,8-9,11-12H2,1-3H3,(H,19,23)/t18-/m1/s1. The Morgan fingerprint density at radius 1 is 1.20 bits per heavy atom. The molecule has 3 amide bonds. The van der Waals surface area contributed by atoms with Crippen molar-refractivity contribution >= 4 is 11.9 Å². The van der Waals surface area contributed by atoms with E-state index in [1.807, 2.05) is 18.2 Å². The van der Waals surface area contributed by atoms with Gasteiger partial charge in [-0.25, -0.2) is 4.79 Å². The molecule has 2 aliphatic rings. The molecule has 2 heterocycles. The highest BCUT2D eigenvalue weighted by Crippen LogP contribution is 2.34. The number of hydrogen-bond acceptors (Lipinski definition) is 5. The molecular weight excluding hydrogens is 322 g/mol. The minimum atomic E-state index is -0.936. The van der Waals surface area contributed by atoms with Crippen molar-refractivity contribution in [1.29, 1.82) is 0 Å². The zero-order valence-electron chi connectivity index (χ0n) is 15.0. The second kappa shape index (κ2) is 6.92. The zero-order chi connectivity index (χ0) is 18.0. The lowest BCUT2D eigenvalue weighted by molar-refractivity contribution is -0.130. The number of carbonyl (C=O) groups excluding carboxylic acids is 2. The minimum Gasteiger partial charge on any atom is -0.454 e. The second-order valence-electron chi connectivity index (χ2n) is 6.61. The predicted molar refractivity (Wildman–Crippen MR) is 92.7 cm³/mol. The number of nitrogens with zero attached hydrogens (tertiary/aromatic N) is 2. The minimum absolute atomic E-state index is 0.178. The average molecular weight is 347 g/mol. The van der Waals surface area contributed by atoms with Crippen LogP contribution in [-0.2, 0) is 11.2 Å². The Kier molecular flexibility index (Phi) is 4.85. The van der Waals surface area contributed by atoms with E-state index in [0.29, 0.717) is 31.0 Å². The van der Waals surface area contributed by atoms with Crippen LogP contribution in [0.25, 0.3) is 0 Å². The van der Waals surface area contributed by atoms with Gasteiger partial charge >= 0.3 is 6.03 Å². The summed E-state index contributed by atoms with van der Waals surface area (Å²) < 4.78 is 10.7. The van der Waals surface area contributed by atoms with E-state index in [0.717, 1.165) is 18.7 Å². The number of fused-ring (bicyclic) bond motifs is 1. The van der Waals surface area contributed by atoms with Crippen molar-refractivity contribution in [2.75, 3.05) is 33.0 Å². The molecule has 0 radical (unpaired) electrons. The summed E-state index contributed by atoms with van der Waals surface area (Å²) in [6.07, 6.45) is 0.413. The number of amides is 3. The number of urea groups is 1. The quantitative estimate of drug-likeness (QED) is 0.759. The molecule has 0 spiro atoms. The van der Waals surface area contributed by atoms with Gasteiger partial charge in [0.1, 0.15) is 5.54 Å². The molecule has 1 N–H and O–H groups in total. The van der Waals surface area contributed by atoms with Crippen LogP contribution in [0.1, 0.15) is 26.3 Å². The second-order valence-corrected chi connectivity index (χ2v) is 6.61. The van der Waals surface area contributed by atoms with E-state index < -0.39 is 5.54 Å². The first kappa shape index (κ1) is 17.5. The molecule has 1 saturated heterocycles. The summed E-state index contributed by atoms with van der Waals surface area (Å²) in [6.45, 7) is 9.01. The Morgan fingerprint density at radius 3 is 2.64 bits per heavy atom. The van der Waals surface area contributed by atoms with E-state index >= 15 is 0 Å². The summed E-state index contributed by atoms with van der Waals surface area (Å²) in [5, 5.41) is 2.85. The van der Waals surface area contributed by atoms with Crippen LogP contribution in [0, 0.1) is 0 Å². The molecule has 3 rings (SSSR count). The average Bonchev–Trinajstić information content (AvgIpc) is 3.13. The number of carbonyl (C=O) groups is 2. The first-order valence-corrected chi connectivity index (χ1v) is 8.72. The van der Waals surface area contributed by atoms with Gasteiger partial charge in [-0.1, -0.05) is 19.9 Å². The molecule has 1 atom stereocenters. The first-order chi connectivity index (χ1) is 12.0. The summed E-state index contributed by atoms with van der Waals surface area (Å²) in [5.74, 6) is 1.20. The molecule has 0 unspecified atom stereocenters. The molecule has 1 aromatic rings. The van der Waals surface area contributed by atoms with Crippen LogP contribution in [0.3, 0.4) is 0 Å². The maximum absolute atomic E-state index is 12.8.